The lowest BCUT2D eigenvalue weighted by Gasteiger charge is -2.28. The van der Waals surface area contributed by atoms with Crippen LogP contribution in [0.2, 0.25) is 0 Å². The van der Waals surface area contributed by atoms with Crippen LogP contribution in [0, 0.1) is 0 Å². The highest BCUT2D eigenvalue weighted by atomic mass is 16.5. The Balaban J connectivity index is 1.23. The summed E-state index contributed by atoms with van der Waals surface area (Å²) >= 11 is 0. The van der Waals surface area contributed by atoms with Gasteiger partial charge in [-0.1, -0.05) is 0 Å². The fourth-order valence-electron chi connectivity index (χ4n) is 4.94. The third kappa shape index (κ3) is 8.40. The SMILES string of the molecule is CN(C)CCN(C)C(=O)c1ccc(NC(=O)Nc2ccc(-c3nc(N4CCCNCC4)nc(N4CCOCC4)n3)cc2)cc1. The molecule has 0 atom stereocenters. The van der Waals surface area contributed by atoms with Crippen molar-refractivity contribution in [2.45, 2.75) is 6.42 Å². The number of nitrogens with one attached hydrogen (secondary N) is 3. The molecule has 44 heavy (non-hydrogen) atoms. The van der Waals surface area contributed by atoms with Gasteiger partial charge < -0.3 is 40.3 Å². The molecule has 13 heteroatoms. The second kappa shape index (κ2) is 14.9. The quantitative estimate of drug-likeness (QED) is 0.336. The Morgan fingerprint density at radius 1 is 0.795 bits per heavy atom. The molecule has 2 aliphatic heterocycles. The maximum atomic E-state index is 12.7. The van der Waals surface area contributed by atoms with Crippen LogP contribution in [0.5, 0.6) is 0 Å². The molecule has 3 heterocycles. The van der Waals surface area contributed by atoms with Crippen molar-refractivity contribution in [2.75, 3.05) is 107 Å². The van der Waals surface area contributed by atoms with Crippen molar-refractivity contribution in [2.24, 2.45) is 0 Å². The Morgan fingerprint density at radius 2 is 1.41 bits per heavy atom. The zero-order valence-electron chi connectivity index (χ0n) is 25.8. The van der Waals surface area contributed by atoms with Gasteiger partial charge in [-0.05, 0) is 75.6 Å². The van der Waals surface area contributed by atoms with E-state index in [4.69, 9.17) is 19.7 Å². The van der Waals surface area contributed by atoms with Crippen LogP contribution in [0.4, 0.5) is 28.1 Å². The summed E-state index contributed by atoms with van der Waals surface area (Å²) in [6.07, 6.45) is 1.02. The van der Waals surface area contributed by atoms with E-state index in [1.165, 1.54) is 0 Å². The van der Waals surface area contributed by atoms with Crippen molar-refractivity contribution in [3.8, 4) is 11.4 Å². The highest BCUT2D eigenvalue weighted by Gasteiger charge is 2.21. The summed E-state index contributed by atoms with van der Waals surface area (Å²) in [5.74, 6) is 1.86. The number of urea groups is 1. The highest BCUT2D eigenvalue weighted by molar-refractivity contribution is 6.00. The first-order chi connectivity index (χ1) is 21.4. The molecular weight excluding hydrogens is 560 g/mol. The summed E-state index contributed by atoms with van der Waals surface area (Å²) in [4.78, 5) is 47.9. The van der Waals surface area contributed by atoms with E-state index in [1.807, 2.05) is 43.3 Å². The minimum atomic E-state index is -0.383. The molecule has 0 saturated carbocycles. The van der Waals surface area contributed by atoms with Crippen LogP contribution >= 0.6 is 0 Å². The molecule has 3 amide bonds. The largest absolute Gasteiger partial charge is 0.378 e. The lowest BCUT2D eigenvalue weighted by molar-refractivity contribution is 0.0786. The predicted molar refractivity (Wildman–Crippen MR) is 173 cm³/mol. The van der Waals surface area contributed by atoms with Crippen LogP contribution in [0.25, 0.3) is 11.4 Å². The fraction of sp³-hybridized carbons (Fsp3) is 0.452. The van der Waals surface area contributed by atoms with Gasteiger partial charge in [0.1, 0.15) is 0 Å². The molecule has 13 nitrogen and oxygen atoms in total. The first-order valence-corrected chi connectivity index (χ1v) is 15.1. The molecule has 2 aliphatic rings. The second-order valence-electron chi connectivity index (χ2n) is 11.2. The van der Waals surface area contributed by atoms with Gasteiger partial charge in [0.05, 0.1) is 13.2 Å². The van der Waals surface area contributed by atoms with Crippen molar-refractivity contribution < 1.29 is 14.3 Å². The van der Waals surface area contributed by atoms with Gasteiger partial charge in [-0.15, -0.1) is 0 Å². The predicted octanol–water partition coefficient (Wildman–Crippen LogP) is 2.45. The Bertz CT molecular complexity index is 1390. The van der Waals surface area contributed by atoms with Gasteiger partial charge in [0.2, 0.25) is 11.9 Å². The number of ether oxygens (including phenoxy) is 1. The molecule has 0 bridgehead atoms. The number of nitrogens with zero attached hydrogens (tertiary/aromatic N) is 7. The summed E-state index contributed by atoms with van der Waals surface area (Å²) in [5, 5.41) is 9.12. The van der Waals surface area contributed by atoms with Crippen molar-refractivity contribution >= 4 is 35.2 Å². The molecule has 0 unspecified atom stereocenters. The third-order valence-electron chi connectivity index (χ3n) is 7.55. The molecule has 2 aromatic carbocycles. The summed E-state index contributed by atoms with van der Waals surface area (Å²) < 4.78 is 5.53. The second-order valence-corrected chi connectivity index (χ2v) is 11.2. The van der Waals surface area contributed by atoms with Crippen LogP contribution < -0.4 is 25.8 Å². The molecule has 5 rings (SSSR count). The van der Waals surface area contributed by atoms with Crippen molar-refractivity contribution in [1.29, 1.82) is 0 Å². The van der Waals surface area contributed by atoms with E-state index in [0.29, 0.717) is 54.4 Å². The number of carbonyl (C=O) groups is 2. The average molecular weight is 603 g/mol. The molecule has 0 spiro atoms. The zero-order valence-corrected chi connectivity index (χ0v) is 25.8. The Kier molecular flexibility index (Phi) is 10.5. The van der Waals surface area contributed by atoms with Gasteiger partial charge in [0.15, 0.2) is 5.82 Å². The molecular formula is C31H42N10O3. The van der Waals surface area contributed by atoms with Crippen LogP contribution in [0.1, 0.15) is 16.8 Å². The van der Waals surface area contributed by atoms with E-state index in [9.17, 15) is 9.59 Å². The molecule has 234 valence electrons. The number of likely N-dealkylation sites (N-methyl/N-ethyl adjacent to an activating group) is 2. The van der Waals surface area contributed by atoms with Crippen molar-refractivity contribution in [3.05, 3.63) is 54.1 Å². The maximum absolute atomic E-state index is 12.7. The smallest absolute Gasteiger partial charge is 0.323 e. The van der Waals surface area contributed by atoms with E-state index in [2.05, 4.69) is 25.8 Å². The molecule has 1 aromatic heterocycles. The molecule has 2 saturated heterocycles. The van der Waals surface area contributed by atoms with Gasteiger partial charge in [0, 0.05) is 75.4 Å². The fourth-order valence-corrected chi connectivity index (χ4v) is 4.94. The Morgan fingerprint density at radius 3 is 2.05 bits per heavy atom. The van der Waals surface area contributed by atoms with Crippen LogP contribution in [0.3, 0.4) is 0 Å². The van der Waals surface area contributed by atoms with Gasteiger partial charge in [-0.2, -0.15) is 15.0 Å². The first kappa shape index (κ1) is 31.1. The molecule has 0 radical (unpaired) electrons. The molecule has 0 aliphatic carbocycles. The van der Waals surface area contributed by atoms with Crippen molar-refractivity contribution in [1.82, 2.24) is 30.1 Å². The number of benzene rings is 2. The maximum Gasteiger partial charge on any atom is 0.323 e. The van der Waals surface area contributed by atoms with Crippen LogP contribution in [0.15, 0.2) is 48.5 Å². The summed E-state index contributed by atoms with van der Waals surface area (Å²) in [5.41, 5.74) is 2.61. The number of carbonyl (C=O) groups excluding carboxylic acids is 2. The van der Waals surface area contributed by atoms with E-state index in [0.717, 1.165) is 57.8 Å². The number of anilines is 4. The topological polar surface area (TPSA) is 131 Å². The van der Waals surface area contributed by atoms with E-state index in [-0.39, 0.29) is 11.9 Å². The standard InChI is InChI=1S/C31H42N10O3/c1-38(2)17-18-39(3)28(42)24-7-11-26(12-8-24)34-31(43)33-25-9-5-23(6-10-25)27-35-29(40-15-4-13-32-14-16-40)37-30(36-27)41-19-21-44-22-20-41/h5-12,32H,4,13-22H2,1-3H3,(H2,33,34,43). The number of hydrogen-bond donors (Lipinski definition) is 3. The normalized spacial score (nSPS) is 15.5. The number of rotatable bonds is 9. The highest BCUT2D eigenvalue weighted by Crippen LogP contribution is 2.24. The molecule has 2 fully saturated rings. The van der Waals surface area contributed by atoms with Gasteiger partial charge in [-0.3, -0.25) is 4.79 Å². The minimum absolute atomic E-state index is 0.0614. The van der Waals surface area contributed by atoms with E-state index >= 15 is 0 Å². The minimum Gasteiger partial charge on any atom is -0.378 e. The van der Waals surface area contributed by atoms with Gasteiger partial charge >= 0.3 is 6.03 Å². The Hall–Kier alpha value is -4.33. The first-order valence-electron chi connectivity index (χ1n) is 15.1. The van der Waals surface area contributed by atoms with E-state index in [1.54, 1.807) is 36.2 Å². The lowest BCUT2D eigenvalue weighted by Crippen LogP contribution is -2.38. The van der Waals surface area contributed by atoms with E-state index < -0.39 is 0 Å². The van der Waals surface area contributed by atoms with Crippen LogP contribution in [-0.2, 0) is 4.74 Å². The Labute approximate surface area is 258 Å². The number of hydrogen-bond acceptors (Lipinski definition) is 10. The summed E-state index contributed by atoms with van der Waals surface area (Å²) in [7, 11) is 5.73. The number of aromatic nitrogens is 3. The molecule has 3 N–H and O–H groups in total. The third-order valence-corrected chi connectivity index (χ3v) is 7.55. The summed E-state index contributed by atoms with van der Waals surface area (Å²) in [6.45, 7) is 7.73. The lowest BCUT2D eigenvalue weighted by atomic mass is 10.2. The van der Waals surface area contributed by atoms with Gasteiger partial charge in [-0.25, -0.2) is 4.79 Å². The van der Waals surface area contributed by atoms with Crippen LogP contribution in [-0.4, -0.2) is 123 Å². The van der Waals surface area contributed by atoms with Crippen molar-refractivity contribution in [3.63, 3.8) is 0 Å². The summed E-state index contributed by atoms with van der Waals surface area (Å²) in [6, 6.07) is 13.9. The van der Waals surface area contributed by atoms with Gasteiger partial charge in [0.25, 0.3) is 5.91 Å². The number of amides is 3. The average Bonchev–Trinajstić information content (AvgIpc) is 3.34. The zero-order chi connectivity index (χ0) is 30.9. The molecule has 3 aromatic rings. The monoisotopic (exact) mass is 602 g/mol. The number of morpholine rings is 1.